The minimum absolute atomic E-state index is 0.00447. The molecule has 1 saturated heterocycles. The van der Waals surface area contributed by atoms with Crippen molar-refractivity contribution in [3.8, 4) is 0 Å². The van der Waals surface area contributed by atoms with Crippen LogP contribution in [0.25, 0.3) is 10.4 Å². The van der Waals surface area contributed by atoms with Gasteiger partial charge in [0.1, 0.15) is 6.04 Å². The predicted octanol–water partition coefficient (Wildman–Crippen LogP) is 0.743. The Bertz CT molecular complexity index is 970. The molecule has 30 heavy (non-hydrogen) atoms. The monoisotopic (exact) mass is 414 g/mol. The highest BCUT2D eigenvalue weighted by atomic mass is 16.5. The van der Waals surface area contributed by atoms with Gasteiger partial charge in [0.25, 0.3) is 11.8 Å². The van der Waals surface area contributed by atoms with Crippen molar-refractivity contribution in [2.45, 2.75) is 25.3 Å². The number of ether oxygens (including phenoxy) is 1. The summed E-state index contributed by atoms with van der Waals surface area (Å²) in [6.45, 7) is 0.403. The summed E-state index contributed by atoms with van der Waals surface area (Å²) in [5.41, 5.74) is 8.40. The number of hydrogen-bond acceptors (Lipinski definition) is 7. The zero-order chi connectivity index (χ0) is 21.7. The molecular weight excluding hydrogens is 396 g/mol. The van der Waals surface area contributed by atoms with Gasteiger partial charge in [0.2, 0.25) is 17.7 Å². The van der Waals surface area contributed by atoms with Gasteiger partial charge in [0.05, 0.1) is 36.4 Å². The molecule has 1 unspecified atom stereocenters. The Morgan fingerprint density at radius 1 is 1.27 bits per heavy atom. The SMILES string of the molecule is [N-]=[N+]=NCCOCCC(=O)Nc1cccc2c1C(=O)N(C1CCC(=O)NC1=O)C2=O. The number of rotatable bonds is 8. The molecule has 156 valence electrons. The van der Waals surface area contributed by atoms with Crippen molar-refractivity contribution in [2.75, 3.05) is 25.1 Å². The lowest BCUT2D eigenvalue weighted by molar-refractivity contribution is -0.136. The van der Waals surface area contributed by atoms with Gasteiger partial charge in [0, 0.05) is 17.9 Å². The zero-order valence-corrected chi connectivity index (χ0v) is 15.8. The second-order valence-corrected chi connectivity index (χ2v) is 6.54. The molecule has 2 heterocycles. The summed E-state index contributed by atoms with van der Waals surface area (Å²) in [4.78, 5) is 64.7. The lowest BCUT2D eigenvalue weighted by Crippen LogP contribution is -2.54. The standard InChI is InChI=1S/C18H18N6O6/c19-23-20-7-9-30-8-6-14(26)21-11-3-1-2-10-15(11)18(29)24(17(10)28)12-4-5-13(25)22-16(12)27/h1-3,12H,4-9H2,(H,21,26)(H,22,25,27). The average molecular weight is 414 g/mol. The van der Waals surface area contributed by atoms with Crippen LogP contribution in [0.1, 0.15) is 40.0 Å². The largest absolute Gasteiger partial charge is 0.381 e. The minimum Gasteiger partial charge on any atom is -0.381 e. The first-order valence-electron chi connectivity index (χ1n) is 9.17. The molecule has 0 saturated carbocycles. The van der Waals surface area contributed by atoms with E-state index in [1.54, 1.807) is 0 Å². The normalized spacial score (nSPS) is 18.0. The third kappa shape index (κ3) is 4.29. The first-order valence-corrected chi connectivity index (χ1v) is 9.17. The third-order valence-corrected chi connectivity index (χ3v) is 4.61. The molecule has 5 amide bonds. The van der Waals surface area contributed by atoms with E-state index in [2.05, 4.69) is 20.7 Å². The second-order valence-electron chi connectivity index (χ2n) is 6.54. The smallest absolute Gasteiger partial charge is 0.264 e. The fraction of sp³-hybridized carbons (Fsp3) is 0.389. The van der Waals surface area contributed by atoms with Crippen LogP contribution in [0.2, 0.25) is 0 Å². The van der Waals surface area contributed by atoms with Gasteiger partial charge in [0.15, 0.2) is 0 Å². The van der Waals surface area contributed by atoms with Crippen LogP contribution >= 0.6 is 0 Å². The van der Waals surface area contributed by atoms with Gasteiger partial charge in [-0.15, -0.1) is 0 Å². The molecule has 2 aliphatic heterocycles. The summed E-state index contributed by atoms with van der Waals surface area (Å²) in [6.07, 6.45) is 0.0526. The van der Waals surface area contributed by atoms with E-state index in [9.17, 15) is 24.0 Å². The number of azide groups is 1. The fourth-order valence-electron chi connectivity index (χ4n) is 3.25. The maximum atomic E-state index is 12.9. The zero-order valence-electron chi connectivity index (χ0n) is 15.8. The number of carbonyl (C=O) groups is 5. The molecule has 0 bridgehead atoms. The Labute approximate surface area is 170 Å². The van der Waals surface area contributed by atoms with E-state index in [-0.39, 0.29) is 55.8 Å². The van der Waals surface area contributed by atoms with E-state index in [1.807, 2.05) is 0 Å². The van der Waals surface area contributed by atoms with Gasteiger partial charge >= 0.3 is 0 Å². The Balaban J connectivity index is 1.69. The molecule has 1 aromatic rings. The number of nitrogens with zero attached hydrogens (tertiary/aromatic N) is 4. The van der Waals surface area contributed by atoms with Gasteiger partial charge < -0.3 is 10.1 Å². The van der Waals surface area contributed by atoms with Crippen molar-refractivity contribution in [1.82, 2.24) is 10.2 Å². The lowest BCUT2D eigenvalue weighted by Gasteiger charge is -2.27. The number of piperidine rings is 1. The van der Waals surface area contributed by atoms with Crippen molar-refractivity contribution in [1.29, 1.82) is 0 Å². The number of hydrogen-bond donors (Lipinski definition) is 2. The van der Waals surface area contributed by atoms with E-state index >= 15 is 0 Å². The van der Waals surface area contributed by atoms with Crippen LogP contribution in [0, 0.1) is 0 Å². The van der Waals surface area contributed by atoms with Crippen LogP contribution in [0.4, 0.5) is 5.69 Å². The molecule has 12 nitrogen and oxygen atoms in total. The molecular formula is C18H18N6O6. The van der Waals surface area contributed by atoms with Crippen LogP contribution in [0.5, 0.6) is 0 Å². The Hall–Kier alpha value is -3.76. The number of amides is 5. The molecule has 12 heteroatoms. The highest BCUT2D eigenvalue weighted by Crippen LogP contribution is 2.32. The van der Waals surface area contributed by atoms with Gasteiger partial charge in [-0.05, 0) is 24.1 Å². The molecule has 2 aliphatic rings. The van der Waals surface area contributed by atoms with Gasteiger partial charge in [-0.1, -0.05) is 11.2 Å². The average Bonchev–Trinajstić information content (AvgIpc) is 2.96. The summed E-state index contributed by atoms with van der Waals surface area (Å²) < 4.78 is 5.16. The highest BCUT2D eigenvalue weighted by molar-refractivity contribution is 6.26. The summed E-state index contributed by atoms with van der Waals surface area (Å²) >= 11 is 0. The molecule has 1 fully saturated rings. The molecule has 0 spiro atoms. The number of benzene rings is 1. The first-order chi connectivity index (χ1) is 14.4. The Morgan fingerprint density at radius 3 is 2.80 bits per heavy atom. The van der Waals surface area contributed by atoms with Crippen molar-refractivity contribution in [3.05, 3.63) is 39.8 Å². The van der Waals surface area contributed by atoms with Gasteiger partial charge in [-0.2, -0.15) is 0 Å². The van der Waals surface area contributed by atoms with Crippen LogP contribution in [-0.2, 0) is 19.1 Å². The predicted molar refractivity (Wildman–Crippen MR) is 101 cm³/mol. The highest BCUT2D eigenvalue weighted by Gasteiger charge is 2.45. The molecule has 3 rings (SSSR count). The summed E-state index contributed by atoms with van der Waals surface area (Å²) in [5.74, 6) is -2.95. The molecule has 0 aromatic heterocycles. The topological polar surface area (TPSA) is 171 Å². The van der Waals surface area contributed by atoms with Crippen LogP contribution in [0.15, 0.2) is 23.3 Å². The molecule has 0 aliphatic carbocycles. The maximum Gasteiger partial charge on any atom is 0.264 e. The van der Waals surface area contributed by atoms with E-state index in [0.717, 1.165) is 4.90 Å². The molecule has 0 radical (unpaired) electrons. The number of nitrogens with one attached hydrogen (secondary N) is 2. The second kappa shape index (κ2) is 9.16. The lowest BCUT2D eigenvalue weighted by atomic mass is 10.0. The third-order valence-electron chi connectivity index (χ3n) is 4.61. The van der Waals surface area contributed by atoms with E-state index in [0.29, 0.717) is 0 Å². The van der Waals surface area contributed by atoms with E-state index in [1.165, 1.54) is 18.2 Å². The van der Waals surface area contributed by atoms with Crippen molar-refractivity contribution >= 4 is 35.2 Å². The quantitative estimate of drug-likeness (QED) is 0.209. The Kier molecular flexibility index (Phi) is 6.40. The van der Waals surface area contributed by atoms with Crippen molar-refractivity contribution < 1.29 is 28.7 Å². The Morgan fingerprint density at radius 2 is 2.07 bits per heavy atom. The minimum atomic E-state index is -1.08. The summed E-state index contributed by atoms with van der Waals surface area (Å²) in [5, 5.41) is 8.01. The first kappa shape index (κ1) is 21.0. The van der Waals surface area contributed by atoms with Crippen LogP contribution < -0.4 is 10.6 Å². The molecule has 1 aromatic carbocycles. The number of imide groups is 2. The van der Waals surface area contributed by atoms with Gasteiger partial charge in [-0.3, -0.25) is 34.2 Å². The summed E-state index contributed by atoms with van der Waals surface area (Å²) in [7, 11) is 0. The number of anilines is 1. The molecule has 1 atom stereocenters. The van der Waals surface area contributed by atoms with Gasteiger partial charge in [-0.25, -0.2) is 0 Å². The van der Waals surface area contributed by atoms with E-state index < -0.39 is 35.6 Å². The number of fused-ring (bicyclic) bond motifs is 1. The summed E-state index contributed by atoms with van der Waals surface area (Å²) in [6, 6.07) is 3.36. The maximum absolute atomic E-state index is 12.9. The van der Waals surface area contributed by atoms with Crippen LogP contribution in [-0.4, -0.2) is 60.2 Å². The fourth-order valence-corrected chi connectivity index (χ4v) is 3.25. The van der Waals surface area contributed by atoms with Crippen LogP contribution in [0.3, 0.4) is 0 Å². The van der Waals surface area contributed by atoms with Crippen molar-refractivity contribution in [3.63, 3.8) is 0 Å². The van der Waals surface area contributed by atoms with Crippen molar-refractivity contribution in [2.24, 2.45) is 5.11 Å². The number of carbonyl (C=O) groups excluding carboxylic acids is 5. The molecule has 2 N–H and O–H groups in total. The van der Waals surface area contributed by atoms with E-state index in [4.69, 9.17) is 10.3 Å².